The molecule has 10 nitrogen and oxygen atoms in total. The van der Waals surface area contributed by atoms with Crippen LogP contribution in [0.4, 0.5) is 14.5 Å². The molecular weight excluding hydrogens is 699 g/mol. The van der Waals surface area contributed by atoms with Gasteiger partial charge in [0.15, 0.2) is 11.6 Å². The second-order valence-corrected chi connectivity index (χ2v) is 14.3. The van der Waals surface area contributed by atoms with Gasteiger partial charge in [0.2, 0.25) is 5.91 Å². The molecule has 4 heterocycles. The quantitative estimate of drug-likeness (QED) is 0.128. The van der Waals surface area contributed by atoms with Gasteiger partial charge in [0, 0.05) is 73.4 Å². The largest absolute Gasteiger partial charge is 0.460 e. The summed E-state index contributed by atoms with van der Waals surface area (Å²) in [6, 6.07) is 21.4. The van der Waals surface area contributed by atoms with Crippen molar-refractivity contribution in [3.63, 3.8) is 0 Å². The summed E-state index contributed by atoms with van der Waals surface area (Å²) in [5.41, 5.74) is 3.51. The number of nitrogens with zero attached hydrogens (tertiary/aromatic N) is 4. The van der Waals surface area contributed by atoms with Gasteiger partial charge in [-0.15, -0.1) is 11.3 Å². The van der Waals surface area contributed by atoms with Crippen LogP contribution >= 0.6 is 11.3 Å². The highest BCUT2D eigenvalue weighted by Crippen LogP contribution is 2.49. The molecule has 0 bridgehead atoms. The number of carbonyl (C=O) groups is 2. The zero-order chi connectivity index (χ0) is 36.4. The molecule has 1 saturated heterocycles. The molecule has 1 saturated carbocycles. The van der Waals surface area contributed by atoms with E-state index >= 15 is 4.39 Å². The van der Waals surface area contributed by atoms with Crippen LogP contribution in [0.15, 0.2) is 97.5 Å². The molecule has 1 aliphatic heterocycles. The second-order valence-electron chi connectivity index (χ2n) is 13.3. The SMILES string of the molecule is O=C(OCCn1cc(-c2cc3nccc(Oc4ccc(NC(=O)C5(c6ccc(F)cc6)CC5)cc4F)c3s2)cn1)c1ccc(CN2CCNCC2)cc1. The van der Waals surface area contributed by atoms with E-state index in [1.807, 2.05) is 36.5 Å². The number of amides is 1. The van der Waals surface area contributed by atoms with E-state index in [9.17, 15) is 14.0 Å². The minimum atomic E-state index is -0.736. The number of aromatic nitrogens is 3. The Labute approximate surface area is 308 Å². The summed E-state index contributed by atoms with van der Waals surface area (Å²) in [4.78, 5) is 33.6. The standard InChI is InChI=1S/C40H36F2N6O4S/c41-30-7-5-29(6-8-30)40(12-13-40)39(50)46-31-9-10-34(32(42)21-31)52-35-11-14-44-33-22-36(53-37(33)35)28-23-45-48(25-28)19-20-51-38(49)27-3-1-26(2-4-27)24-47-17-15-43-16-18-47/h1-11,14,21-23,25,43H,12-13,15-20,24H2,(H,46,50). The minimum absolute atomic E-state index is 0.00125. The number of pyridine rings is 1. The zero-order valence-corrected chi connectivity index (χ0v) is 29.5. The summed E-state index contributed by atoms with van der Waals surface area (Å²) >= 11 is 1.44. The predicted octanol–water partition coefficient (Wildman–Crippen LogP) is 7.16. The maximum absolute atomic E-state index is 15.3. The second kappa shape index (κ2) is 14.9. The molecule has 53 heavy (non-hydrogen) atoms. The molecule has 8 rings (SSSR count). The molecule has 6 aromatic rings. The lowest BCUT2D eigenvalue weighted by molar-refractivity contribution is -0.118. The first-order valence-electron chi connectivity index (χ1n) is 17.5. The van der Waals surface area contributed by atoms with Gasteiger partial charge in [-0.05, 0) is 66.4 Å². The molecule has 0 unspecified atom stereocenters. The van der Waals surface area contributed by atoms with Crippen molar-refractivity contribution in [1.29, 1.82) is 0 Å². The van der Waals surface area contributed by atoms with E-state index in [-0.39, 0.29) is 30.1 Å². The maximum Gasteiger partial charge on any atom is 0.338 e. The topological polar surface area (TPSA) is 111 Å². The first-order valence-corrected chi connectivity index (χ1v) is 18.3. The number of fused-ring (bicyclic) bond motifs is 1. The van der Waals surface area contributed by atoms with Gasteiger partial charge in [-0.2, -0.15) is 5.10 Å². The number of hydrogen-bond donors (Lipinski definition) is 2. The molecule has 270 valence electrons. The number of thiophene rings is 1. The highest BCUT2D eigenvalue weighted by molar-refractivity contribution is 7.22. The molecule has 0 spiro atoms. The van der Waals surface area contributed by atoms with Crippen molar-refractivity contribution in [2.45, 2.75) is 31.3 Å². The number of ether oxygens (including phenoxy) is 2. The van der Waals surface area contributed by atoms with Crippen LogP contribution in [0.3, 0.4) is 0 Å². The molecule has 0 radical (unpaired) electrons. The monoisotopic (exact) mass is 734 g/mol. The van der Waals surface area contributed by atoms with Crippen molar-refractivity contribution in [3.05, 3.63) is 126 Å². The first kappa shape index (κ1) is 34.6. The number of carbonyl (C=O) groups excluding carboxylic acids is 2. The number of nitrogens with one attached hydrogen (secondary N) is 2. The lowest BCUT2D eigenvalue weighted by Gasteiger charge is -2.27. The van der Waals surface area contributed by atoms with E-state index in [2.05, 4.69) is 25.6 Å². The normalized spacial score (nSPS) is 15.3. The smallest absolute Gasteiger partial charge is 0.338 e. The Morgan fingerprint density at radius 2 is 1.74 bits per heavy atom. The molecule has 2 fully saturated rings. The average Bonchev–Trinajstić information content (AvgIpc) is 3.64. The van der Waals surface area contributed by atoms with E-state index in [4.69, 9.17) is 9.47 Å². The van der Waals surface area contributed by atoms with Crippen LogP contribution in [0, 0.1) is 11.6 Å². The Bertz CT molecular complexity index is 2260. The average molecular weight is 735 g/mol. The van der Waals surface area contributed by atoms with Gasteiger partial charge in [-0.3, -0.25) is 19.4 Å². The van der Waals surface area contributed by atoms with Gasteiger partial charge in [-0.1, -0.05) is 24.3 Å². The fraction of sp³-hybridized carbons (Fsp3) is 0.250. The zero-order valence-electron chi connectivity index (χ0n) is 28.7. The predicted molar refractivity (Wildman–Crippen MR) is 198 cm³/mol. The summed E-state index contributed by atoms with van der Waals surface area (Å²) in [5.74, 6) is -1.20. The number of piperazine rings is 1. The third-order valence-corrected chi connectivity index (χ3v) is 10.8. The highest BCUT2D eigenvalue weighted by atomic mass is 32.1. The summed E-state index contributed by atoms with van der Waals surface area (Å²) in [7, 11) is 0. The van der Waals surface area contributed by atoms with Gasteiger partial charge < -0.3 is 20.1 Å². The molecule has 2 N–H and O–H groups in total. The van der Waals surface area contributed by atoms with E-state index in [1.165, 1.54) is 41.2 Å². The van der Waals surface area contributed by atoms with Gasteiger partial charge in [0.25, 0.3) is 0 Å². The van der Waals surface area contributed by atoms with E-state index in [1.54, 1.807) is 41.3 Å². The van der Waals surface area contributed by atoms with Crippen LogP contribution < -0.4 is 15.4 Å². The number of hydrogen-bond acceptors (Lipinski definition) is 9. The highest BCUT2D eigenvalue weighted by Gasteiger charge is 2.51. The van der Waals surface area contributed by atoms with E-state index in [0.29, 0.717) is 41.9 Å². The summed E-state index contributed by atoms with van der Waals surface area (Å²) in [6.07, 6.45) is 6.48. The fourth-order valence-electron chi connectivity index (χ4n) is 6.51. The van der Waals surface area contributed by atoms with Crippen LogP contribution in [0.5, 0.6) is 11.5 Å². The number of benzene rings is 3. The number of rotatable bonds is 12. The van der Waals surface area contributed by atoms with Crippen molar-refractivity contribution < 1.29 is 27.8 Å². The Hall–Kier alpha value is -5.50. The van der Waals surface area contributed by atoms with Crippen molar-refractivity contribution in [3.8, 4) is 21.9 Å². The molecule has 3 aromatic carbocycles. The molecular formula is C40H36F2N6O4S. The summed E-state index contributed by atoms with van der Waals surface area (Å²) in [5, 5.41) is 10.6. The van der Waals surface area contributed by atoms with Crippen LogP contribution in [0.25, 0.3) is 20.7 Å². The first-order chi connectivity index (χ1) is 25.8. The van der Waals surface area contributed by atoms with Gasteiger partial charge in [0.1, 0.15) is 18.2 Å². The Kier molecular flexibility index (Phi) is 9.69. The fourth-order valence-corrected chi connectivity index (χ4v) is 7.55. The van der Waals surface area contributed by atoms with Crippen LogP contribution in [-0.4, -0.2) is 64.3 Å². The molecule has 3 aromatic heterocycles. The lowest BCUT2D eigenvalue weighted by atomic mass is 9.95. The van der Waals surface area contributed by atoms with E-state index in [0.717, 1.165) is 53.4 Å². The van der Waals surface area contributed by atoms with Crippen molar-refractivity contribution in [2.75, 3.05) is 38.1 Å². The Morgan fingerprint density at radius 3 is 2.49 bits per heavy atom. The van der Waals surface area contributed by atoms with Crippen LogP contribution in [0.2, 0.25) is 0 Å². The van der Waals surface area contributed by atoms with Crippen molar-refractivity contribution >= 4 is 39.1 Å². The number of halogens is 2. The lowest BCUT2D eigenvalue weighted by Crippen LogP contribution is -2.42. The maximum atomic E-state index is 15.3. The minimum Gasteiger partial charge on any atom is -0.460 e. The number of esters is 1. The van der Waals surface area contributed by atoms with Gasteiger partial charge in [-0.25, -0.2) is 13.6 Å². The molecule has 0 atom stereocenters. The van der Waals surface area contributed by atoms with Crippen molar-refractivity contribution in [2.24, 2.45) is 0 Å². The van der Waals surface area contributed by atoms with Gasteiger partial charge >= 0.3 is 5.97 Å². The van der Waals surface area contributed by atoms with Crippen LogP contribution in [-0.2, 0) is 28.0 Å². The summed E-state index contributed by atoms with van der Waals surface area (Å²) < 4.78 is 42.7. The molecule has 1 amide bonds. The number of anilines is 1. The Morgan fingerprint density at radius 1 is 0.943 bits per heavy atom. The molecule has 2 aliphatic rings. The molecule has 13 heteroatoms. The van der Waals surface area contributed by atoms with Crippen molar-refractivity contribution in [1.82, 2.24) is 25.0 Å². The van der Waals surface area contributed by atoms with Gasteiger partial charge in [0.05, 0.1) is 33.9 Å². The van der Waals surface area contributed by atoms with E-state index < -0.39 is 11.2 Å². The van der Waals surface area contributed by atoms with Crippen LogP contribution in [0.1, 0.15) is 34.3 Å². The summed E-state index contributed by atoms with van der Waals surface area (Å²) in [6.45, 7) is 5.42. The Balaban J connectivity index is 0.871. The third-order valence-electron chi connectivity index (χ3n) is 9.64. The third kappa shape index (κ3) is 7.68. The molecule has 1 aliphatic carbocycles.